The van der Waals surface area contributed by atoms with Crippen LogP contribution in [-0.4, -0.2) is 38.0 Å². The van der Waals surface area contributed by atoms with Crippen LogP contribution in [0.1, 0.15) is 6.92 Å². The highest BCUT2D eigenvalue weighted by Gasteiger charge is 1.97. The van der Waals surface area contributed by atoms with E-state index in [-0.39, 0.29) is 30.7 Å². The fraction of sp³-hybridized carbons (Fsp3) is 0.833. The number of nitrogens with zero attached hydrogens (tertiary/aromatic N) is 1. The molecule has 70 valence electrons. The maximum atomic E-state index is 10.5. The van der Waals surface area contributed by atoms with E-state index in [4.69, 9.17) is 0 Å². The van der Waals surface area contributed by atoms with Crippen molar-refractivity contribution in [1.29, 1.82) is 0 Å². The summed E-state index contributed by atoms with van der Waals surface area (Å²) in [6, 6.07) is 0. The molecule has 0 aromatic rings. The van der Waals surface area contributed by atoms with Gasteiger partial charge in [0.15, 0.2) is 0 Å². The van der Waals surface area contributed by atoms with E-state index >= 15 is 0 Å². The minimum Gasteiger partial charge on any atom is -0.345 e. The molecule has 11 heavy (non-hydrogen) atoms. The van der Waals surface area contributed by atoms with Crippen molar-refractivity contribution in [3.63, 3.8) is 0 Å². The normalized spacial score (nSPS) is 7.55. The van der Waals surface area contributed by atoms with E-state index in [0.29, 0.717) is 0 Å². The van der Waals surface area contributed by atoms with E-state index in [9.17, 15) is 4.79 Å². The maximum Gasteiger partial charge on any atom is 0.219 e. The van der Waals surface area contributed by atoms with Gasteiger partial charge in [-0.2, -0.15) is 0 Å². The number of amides is 1. The predicted molar refractivity (Wildman–Crippen MR) is 51.7 cm³/mol. The fourth-order valence-corrected chi connectivity index (χ4v) is 0.437. The van der Waals surface area contributed by atoms with E-state index in [1.165, 1.54) is 0 Å². The third-order valence-electron chi connectivity index (χ3n) is 1.23. The molecule has 0 aliphatic rings. The first-order valence-corrected chi connectivity index (χ1v) is 3.04. The summed E-state index contributed by atoms with van der Waals surface area (Å²) in [6.07, 6.45) is 0. The van der Waals surface area contributed by atoms with Gasteiger partial charge in [-0.3, -0.25) is 4.79 Å². The molecule has 0 aliphatic heterocycles. The predicted octanol–water partition coefficient (Wildman–Crippen LogP) is 0.528. The van der Waals surface area contributed by atoms with Crippen molar-refractivity contribution in [3.8, 4) is 0 Å². The monoisotopic (exact) mass is 202 g/mol. The lowest BCUT2D eigenvalue weighted by molar-refractivity contribution is -0.127. The summed E-state index contributed by atoms with van der Waals surface area (Å²) in [4.78, 5) is 12.2. The summed E-state index contributed by atoms with van der Waals surface area (Å²) in [5, 5.41) is 2.96. The fourth-order valence-electron chi connectivity index (χ4n) is 0.437. The molecule has 0 spiro atoms. The molecule has 0 fully saturated rings. The first-order chi connectivity index (χ1) is 4.18. The van der Waals surface area contributed by atoms with Gasteiger partial charge in [-0.15, -0.1) is 24.8 Å². The van der Waals surface area contributed by atoms with Crippen LogP contribution in [0.15, 0.2) is 0 Å². The minimum atomic E-state index is 0. The summed E-state index contributed by atoms with van der Waals surface area (Å²) >= 11 is 0. The molecule has 0 rings (SSSR count). The quantitative estimate of drug-likeness (QED) is 0.725. The number of hydrogen-bond donors (Lipinski definition) is 1. The van der Waals surface area contributed by atoms with Crippen LogP contribution >= 0.6 is 24.8 Å². The van der Waals surface area contributed by atoms with Gasteiger partial charge in [0.25, 0.3) is 0 Å². The van der Waals surface area contributed by atoms with Gasteiger partial charge in [-0.05, 0) is 7.05 Å². The topological polar surface area (TPSA) is 32.3 Å². The first-order valence-electron chi connectivity index (χ1n) is 3.04. The molecule has 0 unspecified atom stereocenters. The zero-order valence-electron chi connectivity index (χ0n) is 7.09. The molecule has 1 N–H and O–H groups in total. The van der Waals surface area contributed by atoms with Crippen molar-refractivity contribution >= 4 is 30.7 Å². The maximum absolute atomic E-state index is 10.5. The van der Waals surface area contributed by atoms with Crippen LogP contribution in [0.25, 0.3) is 0 Å². The second-order valence-corrected chi connectivity index (χ2v) is 2.04. The van der Waals surface area contributed by atoms with Crippen LogP contribution in [0.5, 0.6) is 0 Å². The first kappa shape index (κ1) is 17.2. The molecule has 0 saturated carbocycles. The molecule has 0 aliphatic carbocycles. The van der Waals surface area contributed by atoms with E-state index in [1.807, 2.05) is 7.05 Å². The second-order valence-electron chi connectivity index (χ2n) is 2.04. The van der Waals surface area contributed by atoms with Gasteiger partial charge in [0.2, 0.25) is 5.91 Å². The van der Waals surface area contributed by atoms with Crippen LogP contribution in [-0.2, 0) is 4.79 Å². The highest BCUT2D eigenvalue weighted by atomic mass is 35.5. The molecule has 1 amide bonds. The van der Waals surface area contributed by atoms with Crippen molar-refractivity contribution in [2.75, 3.05) is 27.2 Å². The standard InChI is InChI=1S/C6H14N2O.2ClH/c1-6(9)8(3)5-4-7-2;;/h7H,4-5H2,1-3H3;2*1H. The van der Waals surface area contributed by atoms with Crippen molar-refractivity contribution < 1.29 is 4.79 Å². The highest BCUT2D eigenvalue weighted by molar-refractivity contribution is 5.85. The third kappa shape index (κ3) is 10.0. The van der Waals surface area contributed by atoms with Gasteiger partial charge in [0, 0.05) is 27.1 Å². The van der Waals surface area contributed by atoms with Crippen LogP contribution in [0.2, 0.25) is 0 Å². The molecule has 5 heteroatoms. The Bertz CT molecular complexity index is 101. The Morgan fingerprint density at radius 3 is 2.18 bits per heavy atom. The summed E-state index contributed by atoms with van der Waals surface area (Å²) in [7, 11) is 3.66. The Balaban J connectivity index is -0.000000320. The lowest BCUT2D eigenvalue weighted by Crippen LogP contribution is -2.30. The zero-order valence-corrected chi connectivity index (χ0v) is 8.72. The number of halogens is 2. The second kappa shape index (κ2) is 10.0. The number of carbonyl (C=O) groups excluding carboxylic acids is 1. The molecule has 0 bridgehead atoms. The molecule has 0 aromatic carbocycles. The average Bonchev–Trinajstić information content (AvgIpc) is 1.82. The Labute approximate surface area is 80.3 Å². The number of rotatable bonds is 3. The molecule has 0 radical (unpaired) electrons. The molecule has 0 aromatic heterocycles. The zero-order chi connectivity index (χ0) is 7.28. The Morgan fingerprint density at radius 1 is 1.45 bits per heavy atom. The van der Waals surface area contributed by atoms with E-state index in [2.05, 4.69) is 5.32 Å². The van der Waals surface area contributed by atoms with Crippen molar-refractivity contribution in [1.82, 2.24) is 10.2 Å². The van der Waals surface area contributed by atoms with Crippen LogP contribution in [0, 0.1) is 0 Å². The van der Waals surface area contributed by atoms with Gasteiger partial charge < -0.3 is 10.2 Å². The Kier molecular flexibility index (Phi) is 15.6. The number of carbonyl (C=O) groups is 1. The van der Waals surface area contributed by atoms with Crippen LogP contribution < -0.4 is 5.32 Å². The summed E-state index contributed by atoms with van der Waals surface area (Å²) in [5.74, 6) is 0.116. The molecule has 0 atom stereocenters. The lowest BCUT2D eigenvalue weighted by atomic mass is 10.5. The molecule has 3 nitrogen and oxygen atoms in total. The van der Waals surface area contributed by atoms with Gasteiger partial charge in [0.1, 0.15) is 0 Å². The molecule has 0 saturated heterocycles. The number of likely N-dealkylation sites (N-methyl/N-ethyl adjacent to an activating group) is 2. The smallest absolute Gasteiger partial charge is 0.219 e. The van der Waals surface area contributed by atoms with E-state index in [0.717, 1.165) is 13.1 Å². The number of nitrogens with one attached hydrogen (secondary N) is 1. The van der Waals surface area contributed by atoms with Crippen molar-refractivity contribution in [2.45, 2.75) is 6.92 Å². The van der Waals surface area contributed by atoms with Crippen LogP contribution in [0.4, 0.5) is 0 Å². The summed E-state index contributed by atoms with van der Waals surface area (Å²) in [5.41, 5.74) is 0. The van der Waals surface area contributed by atoms with Gasteiger partial charge in [-0.25, -0.2) is 0 Å². The molecular formula is C6H16Cl2N2O. The Hall–Kier alpha value is 0.01000. The minimum absolute atomic E-state index is 0. The molecule has 0 heterocycles. The van der Waals surface area contributed by atoms with Crippen molar-refractivity contribution in [3.05, 3.63) is 0 Å². The van der Waals surface area contributed by atoms with E-state index < -0.39 is 0 Å². The van der Waals surface area contributed by atoms with Gasteiger partial charge >= 0.3 is 0 Å². The van der Waals surface area contributed by atoms with Gasteiger partial charge in [0.05, 0.1) is 0 Å². The van der Waals surface area contributed by atoms with Crippen LogP contribution in [0.3, 0.4) is 0 Å². The average molecular weight is 203 g/mol. The van der Waals surface area contributed by atoms with E-state index in [1.54, 1.807) is 18.9 Å². The largest absolute Gasteiger partial charge is 0.345 e. The summed E-state index contributed by atoms with van der Waals surface area (Å²) in [6.45, 7) is 3.21. The molecular weight excluding hydrogens is 187 g/mol. The number of hydrogen-bond acceptors (Lipinski definition) is 2. The van der Waals surface area contributed by atoms with Gasteiger partial charge in [-0.1, -0.05) is 0 Å². The highest BCUT2D eigenvalue weighted by Crippen LogP contribution is 1.79. The van der Waals surface area contributed by atoms with Crippen molar-refractivity contribution in [2.24, 2.45) is 0 Å². The Morgan fingerprint density at radius 2 is 1.91 bits per heavy atom. The lowest BCUT2D eigenvalue weighted by Gasteiger charge is -2.13. The summed E-state index contributed by atoms with van der Waals surface area (Å²) < 4.78 is 0. The SMILES string of the molecule is CNCCN(C)C(C)=O.Cl.Cl. The third-order valence-corrected chi connectivity index (χ3v) is 1.23.